The van der Waals surface area contributed by atoms with Gasteiger partial charge in [0.1, 0.15) is 5.54 Å². The van der Waals surface area contributed by atoms with Crippen molar-refractivity contribution in [1.29, 1.82) is 0 Å². The van der Waals surface area contributed by atoms with Gasteiger partial charge in [0.25, 0.3) is 0 Å². The van der Waals surface area contributed by atoms with Gasteiger partial charge in [0.15, 0.2) is 0 Å². The molecule has 3 rings (SSSR count). The van der Waals surface area contributed by atoms with E-state index >= 15 is 0 Å². The van der Waals surface area contributed by atoms with E-state index in [1.54, 1.807) is 0 Å². The molecule has 0 radical (unpaired) electrons. The maximum atomic E-state index is 12.5. The van der Waals surface area contributed by atoms with Gasteiger partial charge in [-0.25, -0.2) is 4.79 Å². The molecule has 2 aliphatic carbocycles. The number of aliphatic carboxylic acids is 1. The Morgan fingerprint density at radius 3 is 2.50 bits per heavy atom. The molecule has 2 atom stereocenters. The molecule has 1 aromatic rings. The molecule has 22 heavy (non-hydrogen) atoms. The fourth-order valence-corrected chi connectivity index (χ4v) is 3.71. The molecule has 2 N–H and O–H groups in total. The third-order valence-corrected chi connectivity index (χ3v) is 5.19. The van der Waals surface area contributed by atoms with Crippen LogP contribution in [0.4, 0.5) is 0 Å². The van der Waals surface area contributed by atoms with Gasteiger partial charge >= 0.3 is 5.97 Å². The molecule has 0 heterocycles. The van der Waals surface area contributed by atoms with Crippen molar-refractivity contribution in [1.82, 2.24) is 5.32 Å². The molecule has 2 saturated carbocycles. The summed E-state index contributed by atoms with van der Waals surface area (Å²) in [6.07, 6.45) is 4.73. The molecule has 2 fully saturated rings. The maximum absolute atomic E-state index is 12.5. The Balaban J connectivity index is 1.68. The van der Waals surface area contributed by atoms with E-state index in [2.05, 4.69) is 24.4 Å². The summed E-state index contributed by atoms with van der Waals surface area (Å²) in [5.41, 5.74) is 1.39. The van der Waals surface area contributed by atoms with E-state index in [1.165, 1.54) is 11.1 Å². The number of carbonyl (C=O) groups excluding carboxylic acids is 1. The molecule has 4 heteroatoms. The number of nitrogens with one attached hydrogen (secondary N) is 1. The SMILES string of the molecule is Cc1ccccc1C1CC1C(=O)NC1(C(=O)O)CCCCC1. The standard InChI is InChI=1S/C18H23NO3/c1-12-7-3-4-8-13(12)14-11-15(14)16(20)19-18(17(21)22)9-5-2-6-10-18/h3-4,7-8,14-15H,2,5-6,9-11H2,1H3,(H,19,20)(H,21,22). The van der Waals surface area contributed by atoms with E-state index in [4.69, 9.17) is 0 Å². The van der Waals surface area contributed by atoms with E-state index in [0.717, 1.165) is 25.7 Å². The molecule has 118 valence electrons. The Kier molecular flexibility index (Phi) is 3.94. The van der Waals surface area contributed by atoms with Crippen LogP contribution < -0.4 is 5.32 Å². The molecular weight excluding hydrogens is 278 g/mol. The molecule has 0 spiro atoms. The van der Waals surface area contributed by atoms with Crippen LogP contribution in [-0.2, 0) is 9.59 Å². The van der Waals surface area contributed by atoms with Gasteiger partial charge in [-0.15, -0.1) is 0 Å². The van der Waals surface area contributed by atoms with Crippen molar-refractivity contribution in [2.45, 2.75) is 56.9 Å². The van der Waals surface area contributed by atoms with Crippen LogP contribution in [-0.4, -0.2) is 22.5 Å². The number of hydrogen-bond donors (Lipinski definition) is 2. The molecule has 1 amide bonds. The smallest absolute Gasteiger partial charge is 0.329 e. The number of carboxylic acids is 1. The van der Waals surface area contributed by atoms with Crippen LogP contribution in [0.25, 0.3) is 0 Å². The molecular formula is C18H23NO3. The van der Waals surface area contributed by atoms with E-state index < -0.39 is 11.5 Å². The Morgan fingerprint density at radius 1 is 1.18 bits per heavy atom. The van der Waals surface area contributed by atoms with Gasteiger partial charge in [-0.05, 0) is 43.2 Å². The monoisotopic (exact) mass is 301 g/mol. The van der Waals surface area contributed by atoms with Crippen molar-refractivity contribution >= 4 is 11.9 Å². The topological polar surface area (TPSA) is 66.4 Å². The minimum absolute atomic E-state index is 0.0701. The highest BCUT2D eigenvalue weighted by Crippen LogP contribution is 2.49. The Labute approximate surface area is 130 Å². The van der Waals surface area contributed by atoms with E-state index in [1.807, 2.05) is 12.1 Å². The van der Waals surface area contributed by atoms with E-state index in [9.17, 15) is 14.7 Å². The summed E-state index contributed by atoms with van der Waals surface area (Å²) in [6.45, 7) is 2.06. The molecule has 0 aromatic heterocycles. The second-order valence-corrected chi connectivity index (χ2v) is 6.74. The number of amides is 1. The van der Waals surface area contributed by atoms with Crippen LogP contribution in [0.3, 0.4) is 0 Å². The summed E-state index contributed by atoms with van der Waals surface area (Å²) in [7, 11) is 0. The van der Waals surface area contributed by atoms with Gasteiger partial charge in [-0.1, -0.05) is 43.5 Å². The minimum Gasteiger partial charge on any atom is -0.480 e. The highest BCUT2D eigenvalue weighted by molar-refractivity contribution is 5.90. The molecule has 0 aliphatic heterocycles. The summed E-state index contributed by atoms with van der Waals surface area (Å²) < 4.78 is 0. The van der Waals surface area contributed by atoms with Crippen molar-refractivity contribution < 1.29 is 14.7 Å². The van der Waals surface area contributed by atoms with E-state index in [-0.39, 0.29) is 17.7 Å². The van der Waals surface area contributed by atoms with Gasteiger partial charge in [0.2, 0.25) is 5.91 Å². The van der Waals surface area contributed by atoms with Gasteiger partial charge in [-0.3, -0.25) is 4.79 Å². The van der Waals surface area contributed by atoms with Crippen LogP contribution in [0.2, 0.25) is 0 Å². The summed E-state index contributed by atoms with van der Waals surface area (Å²) >= 11 is 0. The quantitative estimate of drug-likeness (QED) is 0.898. The second kappa shape index (κ2) is 5.75. The fourth-order valence-electron chi connectivity index (χ4n) is 3.71. The summed E-state index contributed by atoms with van der Waals surface area (Å²) in [6, 6.07) is 8.12. The second-order valence-electron chi connectivity index (χ2n) is 6.74. The first-order valence-corrected chi connectivity index (χ1v) is 8.14. The molecule has 0 bridgehead atoms. The van der Waals surface area contributed by atoms with Crippen LogP contribution in [0.5, 0.6) is 0 Å². The predicted octanol–water partition coefficient (Wildman–Crippen LogP) is 3.00. The van der Waals surface area contributed by atoms with Gasteiger partial charge < -0.3 is 10.4 Å². The minimum atomic E-state index is -1.03. The highest BCUT2D eigenvalue weighted by Gasteiger charge is 2.49. The van der Waals surface area contributed by atoms with Crippen LogP contribution in [0.1, 0.15) is 55.6 Å². The third-order valence-electron chi connectivity index (χ3n) is 5.19. The van der Waals surface area contributed by atoms with Crippen molar-refractivity contribution in [3.05, 3.63) is 35.4 Å². The van der Waals surface area contributed by atoms with Gasteiger partial charge in [0, 0.05) is 5.92 Å². The van der Waals surface area contributed by atoms with Crippen molar-refractivity contribution in [3.8, 4) is 0 Å². The number of aryl methyl sites for hydroxylation is 1. The molecule has 0 saturated heterocycles. The first-order valence-electron chi connectivity index (χ1n) is 8.14. The fraction of sp³-hybridized carbons (Fsp3) is 0.556. The Bertz CT molecular complexity index is 590. The summed E-state index contributed by atoms with van der Waals surface area (Å²) in [5, 5.41) is 12.4. The molecule has 4 nitrogen and oxygen atoms in total. The highest BCUT2D eigenvalue weighted by atomic mass is 16.4. The number of hydrogen-bond acceptors (Lipinski definition) is 2. The molecule has 2 unspecified atom stereocenters. The number of rotatable bonds is 4. The lowest BCUT2D eigenvalue weighted by Gasteiger charge is -2.34. The normalized spacial score (nSPS) is 26.2. The molecule has 2 aliphatic rings. The average molecular weight is 301 g/mol. The predicted molar refractivity (Wildman–Crippen MR) is 83.6 cm³/mol. The zero-order chi connectivity index (χ0) is 15.7. The zero-order valence-corrected chi connectivity index (χ0v) is 13.0. The summed E-state index contributed by atoms with van der Waals surface area (Å²) in [5.74, 6) is -0.791. The number of carbonyl (C=O) groups is 2. The van der Waals surface area contributed by atoms with E-state index in [0.29, 0.717) is 12.8 Å². The lowest BCUT2D eigenvalue weighted by molar-refractivity contribution is -0.149. The van der Waals surface area contributed by atoms with Crippen molar-refractivity contribution in [2.75, 3.05) is 0 Å². The van der Waals surface area contributed by atoms with Crippen LogP contribution >= 0.6 is 0 Å². The number of carboxylic acid groups (broad SMARTS) is 1. The average Bonchev–Trinajstić information content (AvgIpc) is 3.29. The van der Waals surface area contributed by atoms with Crippen molar-refractivity contribution in [2.24, 2.45) is 5.92 Å². The molecule has 1 aromatic carbocycles. The summed E-state index contributed by atoms with van der Waals surface area (Å²) in [4.78, 5) is 24.1. The lowest BCUT2D eigenvalue weighted by Crippen LogP contribution is -2.56. The van der Waals surface area contributed by atoms with Crippen LogP contribution in [0.15, 0.2) is 24.3 Å². The van der Waals surface area contributed by atoms with Gasteiger partial charge in [0.05, 0.1) is 0 Å². The van der Waals surface area contributed by atoms with Crippen molar-refractivity contribution in [3.63, 3.8) is 0 Å². The zero-order valence-electron chi connectivity index (χ0n) is 13.0. The first kappa shape index (κ1) is 15.1. The van der Waals surface area contributed by atoms with Gasteiger partial charge in [-0.2, -0.15) is 0 Å². The lowest BCUT2D eigenvalue weighted by atomic mass is 9.81. The Hall–Kier alpha value is -1.84. The van der Waals surface area contributed by atoms with Crippen LogP contribution in [0, 0.1) is 12.8 Å². The first-order chi connectivity index (χ1) is 10.5. The Morgan fingerprint density at radius 2 is 1.86 bits per heavy atom. The third kappa shape index (κ3) is 2.74. The maximum Gasteiger partial charge on any atom is 0.329 e. The largest absolute Gasteiger partial charge is 0.480 e. The number of benzene rings is 1.